The van der Waals surface area contributed by atoms with Crippen LogP contribution in [0.5, 0.6) is 0 Å². The Bertz CT molecular complexity index is 194. The number of ketones is 1. The molecule has 62 valence electrons. The van der Waals surface area contributed by atoms with Crippen molar-refractivity contribution >= 4 is 11.5 Å². The second kappa shape index (κ2) is 3.16. The highest BCUT2D eigenvalue weighted by molar-refractivity contribution is 5.93. The van der Waals surface area contributed by atoms with Crippen LogP contribution in [0.25, 0.3) is 0 Å². The van der Waals surface area contributed by atoms with Crippen molar-refractivity contribution in [3.63, 3.8) is 0 Å². The second-order valence-corrected chi connectivity index (χ2v) is 3.50. The molecule has 0 aromatic heterocycles. The Morgan fingerprint density at radius 2 is 2.27 bits per heavy atom. The second-order valence-electron chi connectivity index (χ2n) is 3.50. The van der Waals surface area contributed by atoms with Crippen LogP contribution in [-0.4, -0.2) is 18.0 Å². The first-order valence-electron chi connectivity index (χ1n) is 4.15. The molecule has 1 atom stereocenters. The largest absolute Gasteiger partial charge is 0.300 e. The standard InChI is InChI=1S/C9H15NO/c1-6(2)9-4-8(5-10-9)7(3)11/h6,8H,4-5H2,1-3H3. The maximum atomic E-state index is 10.9. The third kappa shape index (κ3) is 1.88. The molecular weight excluding hydrogens is 138 g/mol. The van der Waals surface area contributed by atoms with Crippen molar-refractivity contribution in [3.05, 3.63) is 0 Å². The Morgan fingerprint density at radius 1 is 1.64 bits per heavy atom. The lowest BCUT2D eigenvalue weighted by atomic mass is 9.97. The van der Waals surface area contributed by atoms with Crippen LogP contribution in [0.1, 0.15) is 27.2 Å². The summed E-state index contributed by atoms with van der Waals surface area (Å²) in [7, 11) is 0. The Labute approximate surface area is 67.7 Å². The molecule has 1 rings (SSSR count). The van der Waals surface area contributed by atoms with Gasteiger partial charge in [-0.1, -0.05) is 13.8 Å². The monoisotopic (exact) mass is 153 g/mol. The van der Waals surface area contributed by atoms with Crippen LogP contribution in [0, 0.1) is 11.8 Å². The molecule has 1 unspecified atom stereocenters. The van der Waals surface area contributed by atoms with Crippen LogP contribution < -0.4 is 0 Å². The maximum Gasteiger partial charge on any atom is 0.135 e. The zero-order chi connectivity index (χ0) is 8.43. The minimum Gasteiger partial charge on any atom is -0.300 e. The van der Waals surface area contributed by atoms with Crippen molar-refractivity contribution < 1.29 is 4.79 Å². The SMILES string of the molecule is CC(=O)C1CN=C(C(C)C)C1. The van der Waals surface area contributed by atoms with Crippen LogP contribution in [0.2, 0.25) is 0 Å². The maximum absolute atomic E-state index is 10.9. The molecule has 0 spiro atoms. The summed E-state index contributed by atoms with van der Waals surface area (Å²) in [4.78, 5) is 15.3. The fourth-order valence-electron chi connectivity index (χ4n) is 1.30. The summed E-state index contributed by atoms with van der Waals surface area (Å²) in [6.07, 6.45) is 0.896. The van der Waals surface area contributed by atoms with Crippen molar-refractivity contribution in [2.24, 2.45) is 16.8 Å². The third-order valence-corrected chi connectivity index (χ3v) is 2.21. The molecule has 1 aliphatic rings. The Balaban J connectivity index is 2.49. The first-order valence-corrected chi connectivity index (χ1v) is 4.15. The van der Waals surface area contributed by atoms with Gasteiger partial charge in [-0.15, -0.1) is 0 Å². The molecule has 1 aliphatic heterocycles. The highest BCUT2D eigenvalue weighted by Crippen LogP contribution is 2.18. The molecule has 0 N–H and O–H groups in total. The summed E-state index contributed by atoms with van der Waals surface area (Å²) in [5.41, 5.74) is 1.21. The molecule has 0 saturated heterocycles. The summed E-state index contributed by atoms with van der Waals surface area (Å²) in [5, 5.41) is 0. The molecule has 0 bridgehead atoms. The first kappa shape index (κ1) is 8.44. The number of aliphatic imine (C=N–C) groups is 1. The fourth-order valence-corrected chi connectivity index (χ4v) is 1.30. The molecule has 11 heavy (non-hydrogen) atoms. The number of hydrogen-bond donors (Lipinski definition) is 0. The van der Waals surface area contributed by atoms with E-state index in [2.05, 4.69) is 18.8 Å². The molecule has 0 aromatic carbocycles. The van der Waals surface area contributed by atoms with E-state index in [0.29, 0.717) is 5.92 Å². The van der Waals surface area contributed by atoms with Crippen LogP contribution >= 0.6 is 0 Å². The normalized spacial score (nSPS) is 24.0. The number of Topliss-reactive ketones (excluding diaryl/α,β-unsaturated/α-hetero) is 1. The van der Waals surface area contributed by atoms with E-state index in [9.17, 15) is 4.79 Å². The van der Waals surface area contributed by atoms with E-state index in [-0.39, 0.29) is 11.7 Å². The van der Waals surface area contributed by atoms with Crippen molar-refractivity contribution in [3.8, 4) is 0 Å². The predicted octanol–water partition coefficient (Wildman–Crippen LogP) is 1.69. The van der Waals surface area contributed by atoms with Crippen molar-refractivity contribution in [2.45, 2.75) is 27.2 Å². The van der Waals surface area contributed by atoms with E-state index in [0.717, 1.165) is 13.0 Å². The first-order chi connectivity index (χ1) is 5.11. The smallest absolute Gasteiger partial charge is 0.135 e. The average molecular weight is 153 g/mol. The Morgan fingerprint density at radius 3 is 2.55 bits per heavy atom. The van der Waals surface area contributed by atoms with Gasteiger partial charge in [0.25, 0.3) is 0 Å². The quantitative estimate of drug-likeness (QED) is 0.593. The zero-order valence-electron chi connectivity index (χ0n) is 7.42. The summed E-state index contributed by atoms with van der Waals surface area (Å²) in [6.45, 7) is 6.63. The van der Waals surface area contributed by atoms with E-state index < -0.39 is 0 Å². The Kier molecular flexibility index (Phi) is 2.42. The third-order valence-electron chi connectivity index (χ3n) is 2.21. The van der Waals surface area contributed by atoms with E-state index in [1.54, 1.807) is 6.92 Å². The predicted molar refractivity (Wildman–Crippen MR) is 45.9 cm³/mol. The van der Waals surface area contributed by atoms with Gasteiger partial charge in [-0.25, -0.2) is 0 Å². The molecule has 0 amide bonds. The van der Waals surface area contributed by atoms with Gasteiger partial charge >= 0.3 is 0 Å². The Hall–Kier alpha value is -0.660. The van der Waals surface area contributed by atoms with Gasteiger partial charge in [-0.2, -0.15) is 0 Å². The molecule has 0 aromatic rings. The lowest BCUT2D eigenvalue weighted by molar-refractivity contribution is -0.120. The number of hydrogen-bond acceptors (Lipinski definition) is 2. The van der Waals surface area contributed by atoms with Gasteiger partial charge in [0.2, 0.25) is 0 Å². The van der Waals surface area contributed by atoms with Gasteiger partial charge in [0, 0.05) is 18.2 Å². The summed E-state index contributed by atoms with van der Waals surface area (Å²) >= 11 is 0. The molecule has 0 radical (unpaired) electrons. The van der Waals surface area contributed by atoms with Crippen LogP contribution in [0.4, 0.5) is 0 Å². The van der Waals surface area contributed by atoms with Gasteiger partial charge in [0.05, 0.1) is 0 Å². The van der Waals surface area contributed by atoms with Gasteiger partial charge in [0.15, 0.2) is 0 Å². The minimum absolute atomic E-state index is 0.187. The highest BCUT2D eigenvalue weighted by Gasteiger charge is 2.23. The summed E-state index contributed by atoms with van der Waals surface area (Å²) in [6, 6.07) is 0. The number of carbonyl (C=O) groups excluding carboxylic acids is 1. The lowest BCUT2D eigenvalue weighted by Crippen LogP contribution is -2.13. The lowest BCUT2D eigenvalue weighted by Gasteiger charge is -2.05. The average Bonchev–Trinajstić information content (AvgIpc) is 2.33. The van der Waals surface area contributed by atoms with Gasteiger partial charge < -0.3 is 0 Å². The van der Waals surface area contributed by atoms with Gasteiger partial charge in [-0.05, 0) is 19.3 Å². The zero-order valence-corrected chi connectivity index (χ0v) is 7.42. The van der Waals surface area contributed by atoms with Crippen molar-refractivity contribution in [1.29, 1.82) is 0 Å². The van der Waals surface area contributed by atoms with E-state index in [1.807, 2.05) is 0 Å². The van der Waals surface area contributed by atoms with E-state index in [1.165, 1.54) is 5.71 Å². The number of carbonyl (C=O) groups is 1. The fraction of sp³-hybridized carbons (Fsp3) is 0.778. The summed E-state index contributed by atoms with van der Waals surface area (Å²) in [5.74, 6) is 0.983. The number of nitrogens with zero attached hydrogens (tertiary/aromatic N) is 1. The van der Waals surface area contributed by atoms with E-state index >= 15 is 0 Å². The molecular formula is C9H15NO. The van der Waals surface area contributed by atoms with Crippen LogP contribution in [0.3, 0.4) is 0 Å². The number of rotatable bonds is 2. The minimum atomic E-state index is 0.187. The molecule has 1 heterocycles. The van der Waals surface area contributed by atoms with Gasteiger partial charge in [-0.3, -0.25) is 9.79 Å². The molecule has 2 nitrogen and oxygen atoms in total. The summed E-state index contributed by atoms with van der Waals surface area (Å²) < 4.78 is 0. The van der Waals surface area contributed by atoms with Crippen LogP contribution in [0.15, 0.2) is 4.99 Å². The molecule has 0 aliphatic carbocycles. The van der Waals surface area contributed by atoms with Crippen LogP contribution in [-0.2, 0) is 4.79 Å². The topological polar surface area (TPSA) is 29.4 Å². The molecule has 0 fully saturated rings. The van der Waals surface area contributed by atoms with Crippen molar-refractivity contribution in [2.75, 3.05) is 6.54 Å². The van der Waals surface area contributed by atoms with E-state index in [4.69, 9.17) is 0 Å². The molecule has 2 heteroatoms. The van der Waals surface area contributed by atoms with Crippen molar-refractivity contribution in [1.82, 2.24) is 0 Å². The molecule has 0 saturated carbocycles. The van der Waals surface area contributed by atoms with Gasteiger partial charge in [0.1, 0.15) is 5.78 Å². The highest BCUT2D eigenvalue weighted by atomic mass is 16.1.